The maximum Gasteiger partial charge on any atom is 0.372 e. The third-order valence-corrected chi connectivity index (χ3v) is 4.70. The zero-order valence-electron chi connectivity index (χ0n) is 14.2. The van der Waals surface area contributed by atoms with Gasteiger partial charge in [0.2, 0.25) is 6.54 Å². The lowest BCUT2D eigenvalue weighted by Crippen LogP contribution is -2.42. The first-order valence-corrected chi connectivity index (χ1v) is 8.35. The average molecular weight is 319 g/mol. The molecule has 0 bridgehead atoms. The highest BCUT2D eigenvalue weighted by atomic mass is 16.5. The first kappa shape index (κ1) is 17.4. The van der Waals surface area contributed by atoms with Gasteiger partial charge in [-0.2, -0.15) is 4.57 Å². The van der Waals surface area contributed by atoms with Crippen molar-refractivity contribution in [1.29, 1.82) is 0 Å². The molecule has 1 aromatic rings. The van der Waals surface area contributed by atoms with Crippen LogP contribution in [0.5, 0.6) is 0 Å². The number of carbonyl (C=O) groups is 2. The fourth-order valence-electron chi connectivity index (χ4n) is 3.37. The number of carbonyl (C=O) groups excluding carboxylic acids is 2. The number of ether oxygens (including phenoxy) is 1. The maximum atomic E-state index is 12.3. The molecule has 0 aliphatic heterocycles. The lowest BCUT2D eigenvalue weighted by atomic mass is 9.75. The maximum absolute atomic E-state index is 12.3. The summed E-state index contributed by atoms with van der Waals surface area (Å²) in [4.78, 5) is 23.5. The predicted octanol–water partition coefficient (Wildman–Crippen LogP) is 2.08. The smallest absolute Gasteiger partial charge is 0.372 e. The van der Waals surface area contributed by atoms with E-state index in [4.69, 9.17) is 10.5 Å². The second kappa shape index (κ2) is 7.57. The summed E-state index contributed by atoms with van der Waals surface area (Å²) in [7, 11) is 0. The lowest BCUT2D eigenvalue weighted by Gasteiger charge is -2.36. The molecule has 5 heteroatoms. The van der Waals surface area contributed by atoms with Crippen molar-refractivity contribution in [1.82, 2.24) is 0 Å². The van der Waals surface area contributed by atoms with Crippen molar-refractivity contribution in [3.8, 4) is 0 Å². The first-order valence-electron chi connectivity index (χ1n) is 8.35. The van der Waals surface area contributed by atoms with Crippen molar-refractivity contribution in [2.75, 3.05) is 0 Å². The summed E-state index contributed by atoms with van der Waals surface area (Å²) in [6, 6.07) is 3.33. The minimum absolute atomic E-state index is 0.00817. The third kappa shape index (κ3) is 4.78. The summed E-state index contributed by atoms with van der Waals surface area (Å²) >= 11 is 0. The van der Waals surface area contributed by atoms with Gasteiger partial charge in [-0.25, -0.2) is 4.79 Å². The van der Waals surface area contributed by atoms with Gasteiger partial charge in [0.15, 0.2) is 12.4 Å². The number of nitrogens with zero attached hydrogens (tertiary/aromatic N) is 1. The van der Waals surface area contributed by atoms with E-state index in [0.717, 1.165) is 12.8 Å². The van der Waals surface area contributed by atoms with E-state index < -0.39 is 5.91 Å². The van der Waals surface area contributed by atoms with E-state index in [1.807, 2.05) is 0 Å². The molecule has 0 spiro atoms. The molecule has 1 fully saturated rings. The van der Waals surface area contributed by atoms with Crippen LogP contribution in [0.1, 0.15) is 50.4 Å². The second-order valence-corrected chi connectivity index (χ2v) is 6.98. The monoisotopic (exact) mass is 319 g/mol. The van der Waals surface area contributed by atoms with Gasteiger partial charge < -0.3 is 10.5 Å². The largest absolute Gasteiger partial charge is 0.457 e. The number of pyridine rings is 1. The molecule has 126 valence electrons. The third-order valence-electron chi connectivity index (χ3n) is 4.70. The molecular formula is C18H27N2O3+. The summed E-state index contributed by atoms with van der Waals surface area (Å²) in [5.74, 6) is 0.756. The standard InChI is InChI=1S/C18H26N2O3/c1-12(2)15-7-6-13(3)9-16(15)23-17(21)11-20-8-4-5-14(10-20)18(19)22/h4-5,8,10,12-13,15-16H,6-7,9,11H2,1-3H3,(H-,19,22)/p+1/t13-,15+,16+/m1/s1. The molecule has 1 saturated carbocycles. The summed E-state index contributed by atoms with van der Waals surface area (Å²) in [6.45, 7) is 6.68. The summed E-state index contributed by atoms with van der Waals surface area (Å²) < 4.78 is 7.40. The molecule has 0 radical (unpaired) electrons. The second-order valence-electron chi connectivity index (χ2n) is 6.98. The van der Waals surface area contributed by atoms with E-state index in [0.29, 0.717) is 23.3 Å². The van der Waals surface area contributed by atoms with Gasteiger partial charge in [0, 0.05) is 6.07 Å². The molecule has 1 heterocycles. The van der Waals surface area contributed by atoms with Crippen LogP contribution in [0.25, 0.3) is 0 Å². The van der Waals surface area contributed by atoms with Crippen LogP contribution in [0.15, 0.2) is 24.5 Å². The molecule has 0 aromatic carbocycles. The fraction of sp³-hybridized carbons (Fsp3) is 0.611. The zero-order valence-corrected chi connectivity index (χ0v) is 14.2. The van der Waals surface area contributed by atoms with Crippen molar-refractivity contribution in [2.24, 2.45) is 23.5 Å². The van der Waals surface area contributed by atoms with Gasteiger partial charge in [-0.1, -0.05) is 27.2 Å². The molecule has 2 rings (SSSR count). The molecule has 1 amide bonds. The highest BCUT2D eigenvalue weighted by Gasteiger charge is 2.33. The summed E-state index contributed by atoms with van der Waals surface area (Å²) in [6.07, 6.45) is 6.55. The van der Waals surface area contributed by atoms with E-state index in [1.165, 1.54) is 6.42 Å². The summed E-state index contributed by atoms with van der Waals surface area (Å²) in [5.41, 5.74) is 5.64. The topological polar surface area (TPSA) is 73.3 Å². The quantitative estimate of drug-likeness (QED) is 0.667. The Balaban J connectivity index is 2.00. The van der Waals surface area contributed by atoms with Gasteiger partial charge >= 0.3 is 5.97 Å². The molecule has 3 atom stereocenters. The number of amides is 1. The predicted molar refractivity (Wildman–Crippen MR) is 86.4 cm³/mol. The molecular weight excluding hydrogens is 292 g/mol. The highest BCUT2D eigenvalue weighted by molar-refractivity contribution is 5.92. The number of rotatable bonds is 5. The number of esters is 1. The minimum atomic E-state index is -0.506. The molecule has 1 aliphatic rings. The molecule has 23 heavy (non-hydrogen) atoms. The Morgan fingerprint density at radius 1 is 1.39 bits per heavy atom. The highest BCUT2D eigenvalue weighted by Crippen LogP contribution is 2.35. The van der Waals surface area contributed by atoms with Gasteiger partial charge in [0.25, 0.3) is 5.91 Å². The van der Waals surface area contributed by atoms with Gasteiger partial charge in [0.05, 0.1) is 0 Å². The normalized spacial score (nSPS) is 24.4. The molecule has 1 aromatic heterocycles. The van der Waals surface area contributed by atoms with Gasteiger partial charge in [-0.05, 0) is 36.7 Å². The van der Waals surface area contributed by atoms with Crippen LogP contribution in [0.3, 0.4) is 0 Å². The number of hydrogen-bond acceptors (Lipinski definition) is 3. The van der Waals surface area contributed by atoms with E-state index in [9.17, 15) is 9.59 Å². The minimum Gasteiger partial charge on any atom is -0.457 e. The molecule has 0 unspecified atom stereocenters. The van der Waals surface area contributed by atoms with Crippen LogP contribution in [0.2, 0.25) is 0 Å². The molecule has 1 aliphatic carbocycles. The van der Waals surface area contributed by atoms with Gasteiger partial charge in [-0.15, -0.1) is 0 Å². The number of aromatic nitrogens is 1. The van der Waals surface area contributed by atoms with Crippen molar-refractivity contribution >= 4 is 11.9 Å². The van der Waals surface area contributed by atoms with Crippen LogP contribution in [-0.4, -0.2) is 18.0 Å². The van der Waals surface area contributed by atoms with Crippen LogP contribution >= 0.6 is 0 Å². The number of primary amides is 1. The Hall–Kier alpha value is -1.91. The van der Waals surface area contributed by atoms with Crippen molar-refractivity contribution in [3.05, 3.63) is 30.1 Å². The van der Waals surface area contributed by atoms with Crippen molar-refractivity contribution in [3.63, 3.8) is 0 Å². The molecule has 0 saturated heterocycles. The van der Waals surface area contributed by atoms with Gasteiger partial charge in [0.1, 0.15) is 11.7 Å². The zero-order chi connectivity index (χ0) is 17.0. The van der Waals surface area contributed by atoms with Crippen LogP contribution in [0.4, 0.5) is 0 Å². The number of hydrogen-bond donors (Lipinski definition) is 1. The first-order chi connectivity index (χ1) is 10.9. The van der Waals surface area contributed by atoms with Crippen LogP contribution in [-0.2, 0) is 16.1 Å². The van der Waals surface area contributed by atoms with Crippen molar-refractivity contribution in [2.45, 2.75) is 52.7 Å². The Morgan fingerprint density at radius 3 is 2.78 bits per heavy atom. The van der Waals surface area contributed by atoms with E-state index in [-0.39, 0.29) is 18.6 Å². The average Bonchev–Trinajstić information content (AvgIpc) is 2.47. The van der Waals surface area contributed by atoms with E-state index in [2.05, 4.69) is 20.8 Å². The SMILES string of the molecule is CC(C)[C@@H]1CC[C@@H](C)C[C@@H]1OC(=O)C[n+]1cccc(C(N)=O)c1. The molecule has 2 N–H and O–H groups in total. The summed E-state index contributed by atoms with van der Waals surface area (Å²) in [5, 5.41) is 0. The lowest BCUT2D eigenvalue weighted by molar-refractivity contribution is -0.686. The number of nitrogens with two attached hydrogens (primary N) is 1. The molecule has 5 nitrogen and oxygen atoms in total. The Kier molecular flexibility index (Phi) is 5.74. The van der Waals surface area contributed by atoms with Crippen LogP contribution < -0.4 is 10.3 Å². The van der Waals surface area contributed by atoms with E-state index in [1.54, 1.807) is 29.1 Å². The Labute approximate surface area is 137 Å². The fourth-order valence-corrected chi connectivity index (χ4v) is 3.37. The Morgan fingerprint density at radius 2 is 2.13 bits per heavy atom. The van der Waals surface area contributed by atoms with Crippen molar-refractivity contribution < 1.29 is 18.9 Å². The Bertz CT molecular complexity index is 571. The van der Waals surface area contributed by atoms with E-state index >= 15 is 0 Å². The van der Waals surface area contributed by atoms with Crippen LogP contribution in [0, 0.1) is 17.8 Å². The van der Waals surface area contributed by atoms with Gasteiger partial charge in [-0.3, -0.25) is 4.79 Å².